The smallest absolute Gasteiger partial charge is 0.337 e. The van der Waals surface area contributed by atoms with E-state index >= 15 is 0 Å². The summed E-state index contributed by atoms with van der Waals surface area (Å²) in [5.41, 5.74) is 0.142. The Hall–Kier alpha value is -0.750. The van der Waals surface area contributed by atoms with Crippen LogP contribution in [-0.2, 0) is 9.47 Å². The molecule has 0 bridgehead atoms. The quantitative estimate of drug-likeness (QED) is 0.561. The van der Waals surface area contributed by atoms with E-state index < -0.39 is 5.97 Å². The van der Waals surface area contributed by atoms with Crippen LogP contribution in [0, 0.1) is 0 Å². The Labute approximate surface area is 122 Å². The van der Waals surface area contributed by atoms with Gasteiger partial charge in [-0.2, -0.15) is 0 Å². The van der Waals surface area contributed by atoms with Gasteiger partial charge in [-0.05, 0) is 24.6 Å². The third-order valence-corrected chi connectivity index (χ3v) is 3.71. The van der Waals surface area contributed by atoms with Gasteiger partial charge in [-0.1, -0.05) is 11.6 Å². The summed E-state index contributed by atoms with van der Waals surface area (Å²) in [6, 6.07) is 5.04. The molecule has 1 rings (SSSR count). The number of hydrogen-bond acceptors (Lipinski definition) is 4. The van der Waals surface area contributed by atoms with Crippen LogP contribution in [0.5, 0.6) is 0 Å². The predicted molar refractivity (Wildman–Crippen MR) is 76.4 cm³/mol. The van der Waals surface area contributed by atoms with Gasteiger partial charge in [-0.15, -0.1) is 11.8 Å². The number of rotatable bonds is 9. The molecule has 0 fully saturated rings. The van der Waals surface area contributed by atoms with Crippen molar-refractivity contribution in [2.24, 2.45) is 0 Å². The molecule has 1 aromatic carbocycles. The first-order valence-corrected chi connectivity index (χ1v) is 7.24. The molecule has 4 nitrogen and oxygen atoms in total. The summed E-state index contributed by atoms with van der Waals surface area (Å²) >= 11 is 7.39. The fraction of sp³-hybridized carbons (Fsp3) is 0.462. The van der Waals surface area contributed by atoms with Gasteiger partial charge in [0.25, 0.3) is 0 Å². The highest BCUT2D eigenvalue weighted by Crippen LogP contribution is 2.25. The molecule has 0 aliphatic rings. The molecule has 1 aromatic rings. The van der Waals surface area contributed by atoms with Crippen LogP contribution < -0.4 is 0 Å². The highest BCUT2D eigenvalue weighted by molar-refractivity contribution is 7.99. The van der Waals surface area contributed by atoms with E-state index in [1.165, 1.54) is 0 Å². The molecule has 0 radical (unpaired) electrons. The van der Waals surface area contributed by atoms with Crippen LogP contribution in [0.15, 0.2) is 23.1 Å². The summed E-state index contributed by atoms with van der Waals surface area (Å²) in [4.78, 5) is 11.8. The maximum absolute atomic E-state index is 10.9. The molecule has 0 saturated carbocycles. The molecule has 0 atom stereocenters. The van der Waals surface area contributed by atoms with Crippen molar-refractivity contribution < 1.29 is 19.4 Å². The molecule has 0 aliphatic carbocycles. The molecular formula is C13H17ClO4S. The van der Waals surface area contributed by atoms with Crippen LogP contribution in [0.3, 0.4) is 0 Å². The minimum Gasteiger partial charge on any atom is -0.478 e. The zero-order chi connectivity index (χ0) is 14.1. The fourth-order valence-electron chi connectivity index (χ4n) is 1.35. The first-order chi connectivity index (χ1) is 9.15. The largest absolute Gasteiger partial charge is 0.478 e. The van der Waals surface area contributed by atoms with E-state index in [2.05, 4.69) is 0 Å². The maximum Gasteiger partial charge on any atom is 0.337 e. The number of hydrogen-bond donors (Lipinski definition) is 1. The summed E-state index contributed by atoms with van der Waals surface area (Å²) in [6.07, 6.45) is 0.902. The van der Waals surface area contributed by atoms with Crippen LogP contribution in [0.2, 0.25) is 5.02 Å². The molecule has 0 aliphatic heterocycles. The van der Waals surface area contributed by atoms with Crippen molar-refractivity contribution in [2.75, 3.05) is 32.7 Å². The molecule has 0 saturated heterocycles. The number of methoxy groups -OCH3 is 1. The number of halogens is 1. The Bertz CT molecular complexity index is 412. The second kappa shape index (κ2) is 9.20. The molecule has 0 amide bonds. The van der Waals surface area contributed by atoms with Crippen molar-refractivity contribution >= 4 is 29.3 Å². The van der Waals surface area contributed by atoms with Crippen molar-refractivity contribution in [1.82, 2.24) is 0 Å². The number of thioether (sulfide) groups is 1. The summed E-state index contributed by atoms with van der Waals surface area (Å²) in [7, 11) is 1.64. The maximum atomic E-state index is 10.9. The molecule has 0 aromatic heterocycles. The second-order valence-corrected chi connectivity index (χ2v) is 5.33. The lowest BCUT2D eigenvalue weighted by Gasteiger charge is -2.05. The monoisotopic (exact) mass is 304 g/mol. The lowest BCUT2D eigenvalue weighted by Crippen LogP contribution is -2.03. The van der Waals surface area contributed by atoms with E-state index in [-0.39, 0.29) is 10.6 Å². The van der Waals surface area contributed by atoms with Crippen LogP contribution in [0.1, 0.15) is 16.8 Å². The molecule has 6 heteroatoms. The second-order valence-electron chi connectivity index (χ2n) is 3.75. The molecule has 0 spiro atoms. The number of carboxylic acid groups (broad SMARTS) is 1. The van der Waals surface area contributed by atoms with E-state index in [1.807, 2.05) is 6.07 Å². The molecule has 1 N–H and O–H groups in total. The van der Waals surface area contributed by atoms with Crippen molar-refractivity contribution in [2.45, 2.75) is 11.3 Å². The normalized spacial score (nSPS) is 10.6. The predicted octanol–water partition coefficient (Wildman–Crippen LogP) is 3.18. The minimum absolute atomic E-state index is 0.142. The van der Waals surface area contributed by atoms with Crippen LogP contribution >= 0.6 is 23.4 Å². The van der Waals surface area contributed by atoms with Gasteiger partial charge in [0.1, 0.15) is 0 Å². The van der Waals surface area contributed by atoms with Crippen molar-refractivity contribution in [3.63, 3.8) is 0 Å². The summed E-state index contributed by atoms with van der Waals surface area (Å²) < 4.78 is 10.2. The Morgan fingerprint density at radius 3 is 2.84 bits per heavy atom. The Kier molecular flexibility index (Phi) is 7.90. The van der Waals surface area contributed by atoms with E-state index in [0.29, 0.717) is 19.8 Å². The number of carbonyl (C=O) groups is 1. The van der Waals surface area contributed by atoms with Crippen LogP contribution in [0.4, 0.5) is 0 Å². The SMILES string of the molecule is COCCOCCCSc1ccc(Cl)c(C(=O)O)c1. The Morgan fingerprint density at radius 2 is 2.16 bits per heavy atom. The molecule has 0 unspecified atom stereocenters. The molecular weight excluding hydrogens is 288 g/mol. The van der Waals surface area contributed by atoms with E-state index in [1.54, 1.807) is 31.0 Å². The van der Waals surface area contributed by atoms with Crippen LogP contribution in [-0.4, -0.2) is 43.8 Å². The Balaban J connectivity index is 2.30. The average molecular weight is 305 g/mol. The number of ether oxygens (including phenoxy) is 2. The van der Waals surface area contributed by atoms with Gasteiger partial charge in [-0.3, -0.25) is 0 Å². The fourth-order valence-corrected chi connectivity index (χ4v) is 2.42. The lowest BCUT2D eigenvalue weighted by molar-refractivity contribution is 0.0696. The van der Waals surface area contributed by atoms with Gasteiger partial charge >= 0.3 is 5.97 Å². The van der Waals surface area contributed by atoms with E-state index in [9.17, 15) is 4.79 Å². The highest BCUT2D eigenvalue weighted by Gasteiger charge is 2.09. The first-order valence-electron chi connectivity index (χ1n) is 5.87. The van der Waals surface area contributed by atoms with Gasteiger partial charge in [-0.25, -0.2) is 4.79 Å². The zero-order valence-electron chi connectivity index (χ0n) is 10.7. The average Bonchev–Trinajstić information content (AvgIpc) is 2.39. The minimum atomic E-state index is -1.00. The van der Waals surface area contributed by atoms with Gasteiger partial charge in [0.2, 0.25) is 0 Å². The molecule has 19 heavy (non-hydrogen) atoms. The Morgan fingerprint density at radius 1 is 1.37 bits per heavy atom. The van der Waals surface area contributed by atoms with Crippen molar-refractivity contribution in [1.29, 1.82) is 0 Å². The van der Waals surface area contributed by atoms with Crippen LogP contribution in [0.25, 0.3) is 0 Å². The highest BCUT2D eigenvalue weighted by atomic mass is 35.5. The third-order valence-electron chi connectivity index (χ3n) is 2.30. The summed E-state index contributed by atoms with van der Waals surface area (Å²) in [5.74, 6) is -0.136. The number of carboxylic acids is 1. The number of aromatic carboxylic acids is 1. The van der Waals surface area contributed by atoms with Gasteiger partial charge < -0.3 is 14.6 Å². The molecule has 106 valence electrons. The lowest BCUT2D eigenvalue weighted by atomic mass is 10.2. The molecule has 0 heterocycles. The van der Waals surface area contributed by atoms with Gasteiger partial charge in [0.05, 0.1) is 23.8 Å². The van der Waals surface area contributed by atoms with Gasteiger partial charge in [0, 0.05) is 24.4 Å². The third kappa shape index (κ3) is 6.29. The summed E-state index contributed by atoms with van der Waals surface area (Å²) in [6.45, 7) is 1.88. The zero-order valence-corrected chi connectivity index (χ0v) is 12.3. The van der Waals surface area contributed by atoms with Crippen molar-refractivity contribution in [3.05, 3.63) is 28.8 Å². The number of benzene rings is 1. The van der Waals surface area contributed by atoms with E-state index in [0.717, 1.165) is 17.1 Å². The topological polar surface area (TPSA) is 55.8 Å². The standard InChI is InChI=1S/C13H17ClO4S/c1-17-6-7-18-5-2-8-19-10-3-4-12(14)11(9-10)13(15)16/h3-4,9H,2,5-8H2,1H3,(H,15,16). The first kappa shape index (κ1) is 16.3. The van der Waals surface area contributed by atoms with E-state index in [4.69, 9.17) is 26.2 Å². The van der Waals surface area contributed by atoms with Gasteiger partial charge in [0.15, 0.2) is 0 Å². The summed E-state index contributed by atoms with van der Waals surface area (Å²) in [5, 5.41) is 9.22. The van der Waals surface area contributed by atoms with Crippen molar-refractivity contribution in [3.8, 4) is 0 Å².